The van der Waals surface area contributed by atoms with Gasteiger partial charge in [0.1, 0.15) is 5.82 Å². The average molecular weight is 388 g/mol. The Bertz CT molecular complexity index is 982. The van der Waals surface area contributed by atoms with Crippen LogP contribution in [0.15, 0.2) is 54.7 Å². The van der Waals surface area contributed by atoms with Gasteiger partial charge in [0, 0.05) is 38.1 Å². The number of hydrogen-bond donors (Lipinski definition) is 1. The number of nitrogens with one attached hydrogen (secondary N) is 1. The van der Waals surface area contributed by atoms with Crippen molar-refractivity contribution in [2.75, 3.05) is 36.4 Å². The summed E-state index contributed by atoms with van der Waals surface area (Å²) in [5, 5.41) is 11.6. The van der Waals surface area contributed by atoms with Crippen LogP contribution >= 0.6 is 0 Å². The van der Waals surface area contributed by atoms with Gasteiger partial charge in [-0.2, -0.15) is 0 Å². The predicted molar refractivity (Wildman–Crippen MR) is 114 cm³/mol. The van der Waals surface area contributed by atoms with Gasteiger partial charge in [-0.05, 0) is 55.3 Å². The number of rotatable bonds is 4. The van der Waals surface area contributed by atoms with Gasteiger partial charge in [0.25, 0.3) is 5.91 Å². The molecule has 1 aromatic carbocycles. The molecule has 0 spiro atoms. The van der Waals surface area contributed by atoms with Crippen molar-refractivity contribution in [1.82, 2.24) is 20.1 Å². The number of benzene rings is 1. The van der Waals surface area contributed by atoms with E-state index in [1.165, 1.54) is 5.56 Å². The van der Waals surface area contributed by atoms with E-state index in [1.807, 2.05) is 36.9 Å². The second kappa shape index (κ2) is 8.26. The Morgan fingerprint density at radius 3 is 2.48 bits per heavy atom. The third-order valence-electron chi connectivity index (χ3n) is 5.08. The van der Waals surface area contributed by atoms with Crippen molar-refractivity contribution in [3.8, 4) is 0 Å². The molecule has 3 heterocycles. The minimum Gasteiger partial charge on any atom is -0.353 e. The highest BCUT2D eigenvalue weighted by atomic mass is 16.2. The largest absolute Gasteiger partial charge is 0.353 e. The molecule has 1 fully saturated rings. The van der Waals surface area contributed by atoms with Crippen LogP contribution in [-0.2, 0) is 0 Å². The van der Waals surface area contributed by atoms with E-state index in [9.17, 15) is 4.79 Å². The van der Waals surface area contributed by atoms with E-state index in [4.69, 9.17) is 0 Å². The lowest BCUT2D eigenvalue weighted by molar-refractivity contribution is 0.0739. The lowest BCUT2D eigenvalue weighted by Gasteiger charge is -2.35. The number of aromatic nitrogens is 3. The molecule has 0 saturated carbocycles. The molecule has 1 N–H and O–H groups in total. The molecule has 0 atom stereocenters. The fourth-order valence-corrected chi connectivity index (χ4v) is 3.36. The van der Waals surface area contributed by atoms with Gasteiger partial charge in [-0.15, -0.1) is 10.2 Å². The zero-order chi connectivity index (χ0) is 20.2. The molecule has 1 amide bonds. The second-order valence-corrected chi connectivity index (χ2v) is 7.21. The molecule has 1 aliphatic rings. The van der Waals surface area contributed by atoms with E-state index in [0.717, 1.165) is 30.2 Å². The molecular formula is C22H24N6O. The van der Waals surface area contributed by atoms with Crippen molar-refractivity contribution in [3.63, 3.8) is 0 Å². The summed E-state index contributed by atoms with van der Waals surface area (Å²) in [5.74, 6) is 1.48. The smallest absolute Gasteiger partial charge is 0.274 e. The van der Waals surface area contributed by atoms with Gasteiger partial charge in [-0.1, -0.05) is 18.2 Å². The fraction of sp³-hybridized carbons (Fsp3) is 0.273. The van der Waals surface area contributed by atoms with Crippen LogP contribution in [-0.4, -0.2) is 52.2 Å². The van der Waals surface area contributed by atoms with E-state index in [1.54, 1.807) is 18.3 Å². The van der Waals surface area contributed by atoms with Crippen molar-refractivity contribution >= 4 is 23.2 Å². The fourth-order valence-electron chi connectivity index (χ4n) is 3.36. The maximum Gasteiger partial charge on any atom is 0.274 e. The first kappa shape index (κ1) is 18.9. The zero-order valence-electron chi connectivity index (χ0n) is 16.7. The lowest BCUT2D eigenvalue weighted by atomic mass is 10.1. The topological polar surface area (TPSA) is 74.2 Å². The molecule has 4 rings (SSSR count). The molecule has 0 bridgehead atoms. The number of amides is 1. The number of aryl methyl sites for hydroxylation is 2. The summed E-state index contributed by atoms with van der Waals surface area (Å²) in [6, 6.07) is 15.6. The molecule has 7 nitrogen and oxygen atoms in total. The SMILES string of the molecule is Cc1ccc(C)c(Nc2ccc(C(=O)N3CCN(c4ccccn4)CC3)nn2)c1. The summed E-state index contributed by atoms with van der Waals surface area (Å²) < 4.78 is 0. The minimum absolute atomic E-state index is 0.0866. The number of hydrogen-bond acceptors (Lipinski definition) is 6. The molecule has 0 unspecified atom stereocenters. The molecule has 3 aromatic rings. The number of pyridine rings is 1. The number of carbonyl (C=O) groups is 1. The van der Waals surface area contributed by atoms with E-state index in [-0.39, 0.29) is 5.91 Å². The van der Waals surface area contributed by atoms with E-state index >= 15 is 0 Å². The first-order valence-electron chi connectivity index (χ1n) is 9.73. The standard InChI is InChI=1S/C22H24N6O/c1-16-6-7-17(2)19(15-16)24-20-9-8-18(25-26-20)22(29)28-13-11-27(12-14-28)21-5-3-4-10-23-21/h3-10,15H,11-14H2,1-2H3,(H,24,26). The van der Waals surface area contributed by atoms with Crippen molar-refractivity contribution < 1.29 is 4.79 Å². The van der Waals surface area contributed by atoms with Gasteiger partial charge in [0.05, 0.1) is 0 Å². The van der Waals surface area contributed by atoms with Crippen LogP contribution in [0.3, 0.4) is 0 Å². The highest BCUT2D eigenvalue weighted by Gasteiger charge is 2.23. The normalized spacial score (nSPS) is 14.0. The summed E-state index contributed by atoms with van der Waals surface area (Å²) in [6.07, 6.45) is 1.79. The van der Waals surface area contributed by atoms with Crippen molar-refractivity contribution in [3.05, 3.63) is 71.5 Å². The van der Waals surface area contributed by atoms with Gasteiger partial charge in [0.2, 0.25) is 0 Å². The summed E-state index contributed by atoms with van der Waals surface area (Å²) in [6.45, 7) is 6.87. The van der Waals surface area contributed by atoms with Crippen molar-refractivity contribution in [2.24, 2.45) is 0 Å². The predicted octanol–water partition coefficient (Wildman–Crippen LogP) is 3.19. The summed E-state index contributed by atoms with van der Waals surface area (Å²) >= 11 is 0. The van der Waals surface area contributed by atoms with Gasteiger partial charge in [-0.25, -0.2) is 4.98 Å². The van der Waals surface area contributed by atoms with Gasteiger partial charge in [-0.3, -0.25) is 4.79 Å². The number of carbonyl (C=O) groups excluding carboxylic acids is 1. The monoisotopic (exact) mass is 388 g/mol. The molecule has 0 radical (unpaired) electrons. The Labute approximate surface area is 170 Å². The first-order valence-corrected chi connectivity index (χ1v) is 9.73. The molecule has 7 heteroatoms. The molecule has 1 aliphatic heterocycles. The third kappa shape index (κ3) is 4.34. The van der Waals surface area contributed by atoms with Crippen LogP contribution in [0.25, 0.3) is 0 Å². The first-order chi connectivity index (χ1) is 14.1. The van der Waals surface area contributed by atoms with Gasteiger partial charge < -0.3 is 15.1 Å². The van der Waals surface area contributed by atoms with Crippen LogP contribution in [0.4, 0.5) is 17.3 Å². The highest BCUT2D eigenvalue weighted by molar-refractivity contribution is 5.92. The van der Waals surface area contributed by atoms with Crippen molar-refractivity contribution in [1.29, 1.82) is 0 Å². The summed E-state index contributed by atoms with van der Waals surface area (Å²) in [4.78, 5) is 21.2. The average Bonchev–Trinajstić information content (AvgIpc) is 2.77. The minimum atomic E-state index is -0.0866. The molecule has 2 aromatic heterocycles. The van der Waals surface area contributed by atoms with E-state index < -0.39 is 0 Å². The van der Waals surface area contributed by atoms with Crippen molar-refractivity contribution in [2.45, 2.75) is 13.8 Å². The maximum absolute atomic E-state index is 12.8. The zero-order valence-corrected chi connectivity index (χ0v) is 16.7. The van der Waals surface area contributed by atoms with Crippen LogP contribution in [0, 0.1) is 13.8 Å². The molecule has 148 valence electrons. The Morgan fingerprint density at radius 2 is 1.79 bits per heavy atom. The molecule has 29 heavy (non-hydrogen) atoms. The highest BCUT2D eigenvalue weighted by Crippen LogP contribution is 2.20. The van der Waals surface area contributed by atoms with E-state index in [2.05, 4.69) is 43.6 Å². The summed E-state index contributed by atoms with van der Waals surface area (Å²) in [5.41, 5.74) is 3.65. The molecule has 0 aliphatic carbocycles. The second-order valence-electron chi connectivity index (χ2n) is 7.21. The van der Waals surface area contributed by atoms with Crippen LogP contribution in [0.2, 0.25) is 0 Å². The van der Waals surface area contributed by atoms with Gasteiger partial charge in [0.15, 0.2) is 11.5 Å². The number of anilines is 3. The Morgan fingerprint density at radius 1 is 0.966 bits per heavy atom. The molecular weight excluding hydrogens is 364 g/mol. The third-order valence-corrected chi connectivity index (χ3v) is 5.08. The van der Waals surface area contributed by atoms with Crippen LogP contribution in [0.5, 0.6) is 0 Å². The quantitative estimate of drug-likeness (QED) is 0.740. The molecule has 1 saturated heterocycles. The Hall–Kier alpha value is -3.48. The lowest BCUT2D eigenvalue weighted by Crippen LogP contribution is -2.49. The summed E-state index contributed by atoms with van der Waals surface area (Å²) in [7, 11) is 0. The van der Waals surface area contributed by atoms with Crippen LogP contribution in [0.1, 0.15) is 21.6 Å². The number of piperazine rings is 1. The Balaban J connectivity index is 1.38. The van der Waals surface area contributed by atoms with Gasteiger partial charge >= 0.3 is 0 Å². The number of nitrogens with zero attached hydrogens (tertiary/aromatic N) is 5. The Kier molecular flexibility index (Phi) is 5.37. The van der Waals surface area contributed by atoms with Crippen LogP contribution < -0.4 is 10.2 Å². The maximum atomic E-state index is 12.8. The van der Waals surface area contributed by atoms with E-state index in [0.29, 0.717) is 24.6 Å².